The second kappa shape index (κ2) is 5.74. The summed E-state index contributed by atoms with van der Waals surface area (Å²) >= 11 is 0. The fourth-order valence-electron chi connectivity index (χ4n) is 2.39. The quantitative estimate of drug-likeness (QED) is 0.862. The van der Waals surface area contributed by atoms with Crippen LogP contribution in [0.15, 0.2) is 22.6 Å². The maximum atomic E-state index is 13.8. The van der Waals surface area contributed by atoms with E-state index in [2.05, 4.69) is 33.0 Å². The van der Waals surface area contributed by atoms with Gasteiger partial charge in [0.1, 0.15) is 5.76 Å². The molecular weight excluding hydrogens is 241 g/mol. The van der Waals surface area contributed by atoms with Gasteiger partial charge < -0.3 is 9.73 Å². The van der Waals surface area contributed by atoms with Crippen molar-refractivity contribution in [3.05, 3.63) is 35.3 Å². The van der Waals surface area contributed by atoms with Crippen LogP contribution in [-0.4, -0.2) is 6.54 Å². The topological polar surface area (TPSA) is 25.2 Å². The standard InChI is InChI=1S/C16H22FNO/c1-10(2)8-18-9-14-15(11(3)4)12-6-5-7-13(17)16(12)19-14/h5-7,10-11,18H,8-9H2,1-4H3. The van der Waals surface area contributed by atoms with Gasteiger partial charge in [0.15, 0.2) is 11.4 Å². The van der Waals surface area contributed by atoms with E-state index in [-0.39, 0.29) is 5.82 Å². The van der Waals surface area contributed by atoms with Gasteiger partial charge in [-0.15, -0.1) is 0 Å². The predicted molar refractivity (Wildman–Crippen MR) is 76.8 cm³/mol. The highest BCUT2D eigenvalue weighted by molar-refractivity contribution is 5.83. The second-order valence-electron chi connectivity index (χ2n) is 5.73. The maximum absolute atomic E-state index is 13.8. The Morgan fingerprint density at radius 3 is 2.58 bits per heavy atom. The fourth-order valence-corrected chi connectivity index (χ4v) is 2.39. The number of rotatable bonds is 5. The smallest absolute Gasteiger partial charge is 0.170 e. The number of para-hydroxylation sites is 1. The van der Waals surface area contributed by atoms with Gasteiger partial charge in [0.25, 0.3) is 0 Å². The zero-order valence-electron chi connectivity index (χ0n) is 12.1. The van der Waals surface area contributed by atoms with E-state index in [4.69, 9.17) is 4.42 Å². The van der Waals surface area contributed by atoms with Crippen LogP contribution in [0.25, 0.3) is 11.0 Å². The molecule has 0 bridgehead atoms. The Balaban J connectivity index is 2.36. The van der Waals surface area contributed by atoms with Gasteiger partial charge in [-0.2, -0.15) is 0 Å². The molecule has 0 saturated carbocycles. The zero-order valence-corrected chi connectivity index (χ0v) is 12.1. The first-order chi connectivity index (χ1) is 9.00. The van der Waals surface area contributed by atoms with Crippen LogP contribution < -0.4 is 5.32 Å². The van der Waals surface area contributed by atoms with Crippen LogP contribution >= 0.6 is 0 Å². The normalized spacial score (nSPS) is 11.9. The minimum Gasteiger partial charge on any atom is -0.456 e. The van der Waals surface area contributed by atoms with Crippen LogP contribution in [0.2, 0.25) is 0 Å². The third-order valence-electron chi connectivity index (χ3n) is 3.20. The van der Waals surface area contributed by atoms with Crippen LogP contribution in [0, 0.1) is 11.7 Å². The Morgan fingerprint density at radius 1 is 1.21 bits per heavy atom. The van der Waals surface area contributed by atoms with Crippen molar-refractivity contribution in [1.82, 2.24) is 5.32 Å². The second-order valence-corrected chi connectivity index (χ2v) is 5.73. The van der Waals surface area contributed by atoms with E-state index in [9.17, 15) is 4.39 Å². The summed E-state index contributed by atoms with van der Waals surface area (Å²) in [5.41, 5.74) is 1.50. The van der Waals surface area contributed by atoms with Gasteiger partial charge in [0.05, 0.1) is 6.54 Å². The van der Waals surface area contributed by atoms with Crippen molar-refractivity contribution in [2.24, 2.45) is 5.92 Å². The Bertz CT molecular complexity index is 557. The largest absolute Gasteiger partial charge is 0.456 e. The Labute approximate surface area is 114 Å². The van der Waals surface area contributed by atoms with Gasteiger partial charge in [-0.25, -0.2) is 4.39 Å². The molecule has 2 aromatic rings. The third kappa shape index (κ3) is 2.98. The lowest BCUT2D eigenvalue weighted by Gasteiger charge is -2.09. The molecule has 0 spiro atoms. The predicted octanol–water partition coefficient (Wildman–Crippen LogP) is 4.44. The van der Waals surface area contributed by atoms with Gasteiger partial charge in [-0.1, -0.05) is 39.8 Å². The molecule has 0 atom stereocenters. The highest BCUT2D eigenvalue weighted by Crippen LogP contribution is 2.33. The highest BCUT2D eigenvalue weighted by atomic mass is 19.1. The van der Waals surface area contributed by atoms with Crippen molar-refractivity contribution in [2.45, 2.75) is 40.2 Å². The molecule has 1 heterocycles. The van der Waals surface area contributed by atoms with E-state index in [1.54, 1.807) is 6.07 Å². The summed E-state index contributed by atoms with van der Waals surface area (Å²) in [6, 6.07) is 5.12. The number of furan rings is 1. The summed E-state index contributed by atoms with van der Waals surface area (Å²) in [5, 5.41) is 4.26. The monoisotopic (exact) mass is 263 g/mol. The number of fused-ring (bicyclic) bond motifs is 1. The molecule has 0 fully saturated rings. The number of halogens is 1. The van der Waals surface area contributed by atoms with Crippen LogP contribution in [0.5, 0.6) is 0 Å². The first-order valence-electron chi connectivity index (χ1n) is 6.91. The van der Waals surface area contributed by atoms with Crippen LogP contribution in [0.3, 0.4) is 0 Å². The Kier molecular flexibility index (Phi) is 4.25. The lowest BCUT2D eigenvalue weighted by Crippen LogP contribution is -2.19. The maximum Gasteiger partial charge on any atom is 0.170 e. The van der Waals surface area contributed by atoms with Crippen LogP contribution in [0.4, 0.5) is 4.39 Å². The molecule has 104 valence electrons. The minimum atomic E-state index is -0.283. The molecule has 0 aliphatic rings. The molecule has 2 nitrogen and oxygen atoms in total. The number of nitrogens with one attached hydrogen (secondary N) is 1. The third-order valence-corrected chi connectivity index (χ3v) is 3.20. The summed E-state index contributed by atoms with van der Waals surface area (Å²) in [6.45, 7) is 10.1. The number of hydrogen-bond donors (Lipinski definition) is 1. The van der Waals surface area contributed by atoms with Gasteiger partial charge in [-0.05, 0) is 24.4 Å². The lowest BCUT2D eigenvalue weighted by molar-refractivity contribution is 0.468. The van der Waals surface area contributed by atoms with E-state index >= 15 is 0 Å². The minimum absolute atomic E-state index is 0.283. The summed E-state index contributed by atoms with van der Waals surface area (Å²) in [6.07, 6.45) is 0. The van der Waals surface area contributed by atoms with Crippen molar-refractivity contribution in [3.63, 3.8) is 0 Å². The molecule has 0 radical (unpaired) electrons. The molecule has 0 amide bonds. The van der Waals surface area contributed by atoms with Gasteiger partial charge in [0.2, 0.25) is 0 Å². The molecule has 0 aliphatic carbocycles. The summed E-state index contributed by atoms with van der Waals surface area (Å²) in [7, 11) is 0. The highest BCUT2D eigenvalue weighted by Gasteiger charge is 2.18. The van der Waals surface area contributed by atoms with Crippen molar-refractivity contribution in [3.8, 4) is 0 Å². The SMILES string of the molecule is CC(C)CNCc1oc2c(F)cccc2c1C(C)C. The summed E-state index contributed by atoms with van der Waals surface area (Å²) in [4.78, 5) is 0. The first-order valence-corrected chi connectivity index (χ1v) is 6.91. The number of benzene rings is 1. The molecule has 0 aliphatic heterocycles. The van der Waals surface area contributed by atoms with Crippen molar-refractivity contribution < 1.29 is 8.81 Å². The summed E-state index contributed by atoms with van der Waals surface area (Å²) < 4.78 is 19.5. The Hall–Kier alpha value is -1.35. The molecule has 0 unspecified atom stereocenters. The van der Waals surface area contributed by atoms with Gasteiger partial charge >= 0.3 is 0 Å². The van der Waals surface area contributed by atoms with Crippen LogP contribution in [0.1, 0.15) is 44.9 Å². The molecule has 1 aromatic heterocycles. The average Bonchev–Trinajstić information content (AvgIpc) is 2.68. The van der Waals surface area contributed by atoms with Crippen LogP contribution in [-0.2, 0) is 6.54 Å². The number of hydrogen-bond acceptors (Lipinski definition) is 2. The van der Waals surface area contributed by atoms with E-state index in [1.165, 1.54) is 6.07 Å². The van der Waals surface area contributed by atoms with E-state index < -0.39 is 0 Å². The van der Waals surface area contributed by atoms with E-state index in [1.807, 2.05) is 6.07 Å². The molecule has 3 heteroatoms. The summed E-state index contributed by atoms with van der Waals surface area (Å²) in [5.74, 6) is 1.48. The molecular formula is C16H22FNO. The van der Waals surface area contributed by atoms with Gasteiger partial charge in [-0.3, -0.25) is 0 Å². The molecule has 2 rings (SSSR count). The van der Waals surface area contributed by atoms with E-state index in [0.29, 0.717) is 24.0 Å². The van der Waals surface area contributed by atoms with Crippen molar-refractivity contribution in [1.29, 1.82) is 0 Å². The van der Waals surface area contributed by atoms with E-state index in [0.717, 1.165) is 23.3 Å². The lowest BCUT2D eigenvalue weighted by atomic mass is 9.99. The molecule has 1 aromatic carbocycles. The zero-order chi connectivity index (χ0) is 14.0. The molecule has 19 heavy (non-hydrogen) atoms. The fraction of sp³-hybridized carbons (Fsp3) is 0.500. The van der Waals surface area contributed by atoms with Crippen molar-refractivity contribution in [2.75, 3.05) is 6.54 Å². The molecule has 0 saturated heterocycles. The Morgan fingerprint density at radius 2 is 1.95 bits per heavy atom. The van der Waals surface area contributed by atoms with Gasteiger partial charge in [0, 0.05) is 10.9 Å². The molecule has 1 N–H and O–H groups in total. The van der Waals surface area contributed by atoms with Crippen molar-refractivity contribution >= 4 is 11.0 Å². The first kappa shape index (κ1) is 14.1. The average molecular weight is 263 g/mol.